The van der Waals surface area contributed by atoms with Crippen LogP contribution in [0.25, 0.3) is 0 Å². The van der Waals surface area contributed by atoms with Crippen LogP contribution in [0.1, 0.15) is 22.7 Å². The molecule has 0 aromatic heterocycles. The Kier molecular flexibility index (Phi) is 4.53. The van der Waals surface area contributed by atoms with Gasteiger partial charge in [0, 0.05) is 0 Å². The van der Waals surface area contributed by atoms with E-state index in [1.54, 1.807) is 0 Å². The van der Waals surface area contributed by atoms with Crippen molar-refractivity contribution in [3.63, 3.8) is 0 Å². The summed E-state index contributed by atoms with van der Waals surface area (Å²) in [5, 5.41) is 0. The number of ether oxygens (including phenoxy) is 1. The highest BCUT2D eigenvalue weighted by molar-refractivity contribution is 5.30. The summed E-state index contributed by atoms with van der Waals surface area (Å²) in [5.74, 6) is 0.508. The summed E-state index contributed by atoms with van der Waals surface area (Å²) < 4.78 is 43.0. The van der Waals surface area contributed by atoms with Crippen molar-refractivity contribution in [3.8, 4) is 5.75 Å². The van der Waals surface area contributed by atoms with E-state index in [9.17, 15) is 13.2 Å². The van der Waals surface area contributed by atoms with E-state index < -0.39 is 12.2 Å². The van der Waals surface area contributed by atoms with Gasteiger partial charge >= 0.3 is 6.18 Å². The van der Waals surface area contributed by atoms with Gasteiger partial charge in [-0.3, -0.25) is 0 Å². The quantitative estimate of drug-likeness (QED) is 0.920. The lowest BCUT2D eigenvalue weighted by atomic mass is 10.1. The molecule has 2 nitrogen and oxygen atoms in total. The molecule has 0 aliphatic rings. The molecule has 1 atom stereocenters. The molecular formula is C16H16F3NO. The topological polar surface area (TPSA) is 35.2 Å². The number of rotatable bonds is 4. The van der Waals surface area contributed by atoms with E-state index in [0.717, 1.165) is 11.1 Å². The normalized spacial score (nSPS) is 13.0. The number of hydrogen-bond acceptors (Lipinski definition) is 2. The van der Waals surface area contributed by atoms with Crippen LogP contribution >= 0.6 is 0 Å². The number of aryl methyl sites for hydroxylation is 1. The van der Waals surface area contributed by atoms with Gasteiger partial charge in [-0.15, -0.1) is 0 Å². The third-order valence-electron chi connectivity index (χ3n) is 3.12. The lowest BCUT2D eigenvalue weighted by Crippen LogP contribution is -2.28. The highest BCUT2D eigenvalue weighted by atomic mass is 19.4. The summed E-state index contributed by atoms with van der Waals surface area (Å²) in [7, 11) is 0. The van der Waals surface area contributed by atoms with Crippen LogP contribution in [0.4, 0.5) is 13.2 Å². The van der Waals surface area contributed by atoms with Crippen LogP contribution < -0.4 is 10.5 Å². The standard InChI is InChI=1S/C16H16F3NO/c1-11-2-4-12(5-3-11)10-21-14-8-6-13(7-9-14)15(20)16(17,18)19/h2-9,15H,10,20H2,1H3/t15-/m0/s1. The second kappa shape index (κ2) is 6.18. The van der Waals surface area contributed by atoms with E-state index in [2.05, 4.69) is 0 Å². The molecule has 0 amide bonds. The Labute approximate surface area is 121 Å². The third kappa shape index (κ3) is 4.23. The second-order valence-corrected chi connectivity index (χ2v) is 4.86. The molecule has 5 heteroatoms. The first-order chi connectivity index (χ1) is 9.86. The van der Waals surface area contributed by atoms with Crippen LogP contribution in [0.3, 0.4) is 0 Å². The predicted molar refractivity (Wildman–Crippen MR) is 74.9 cm³/mol. The summed E-state index contributed by atoms with van der Waals surface area (Å²) in [4.78, 5) is 0. The number of halogens is 3. The van der Waals surface area contributed by atoms with Crippen molar-refractivity contribution in [1.29, 1.82) is 0 Å². The molecule has 0 aliphatic carbocycles. The Morgan fingerprint density at radius 3 is 2.10 bits per heavy atom. The van der Waals surface area contributed by atoms with Gasteiger partial charge in [0.15, 0.2) is 0 Å². The summed E-state index contributed by atoms with van der Waals surface area (Å²) in [6, 6.07) is 11.5. The van der Waals surface area contributed by atoms with E-state index >= 15 is 0 Å². The molecule has 2 rings (SSSR count). The fourth-order valence-corrected chi connectivity index (χ4v) is 1.81. The Morgan fingerprint density at radius 2 is 1.57 bits per heavy atom. The fraction of sp³-hybridized carbons (Fsp3) is 0.250. The fourth-order valence-electron chi connectivity index (χ4n) is 1.81. The predicted octanol–water partition coefficient (Wildman–Crippen LogP) is 4.14. The minimum Gasteiger partial charge on any atom is -0.489 e. The van der Waals surface area contributed by atoms with Crippen LogP contribution in [0.5, 0.6) is 5.75 Å². The van der Waals surface area contributed by atoms with Gasteiger partial charge in [-0.05, 0) is 30.2 Å². The maximum Gasteiger partial charge on any atom is 0.407 e. The van der Waals surface area contributed by atoms with Gasteiger partial charge in [0.25, 0.3) is 0 Å². The van der Waals surface area contributed by atoms with E-state index in [4.69, 9.17) is 10.5 Å². The molecule has 0 heterocycles. The maximum absolute atomic E-state index is 12.5. The zero-order chi connectivity index (χ0) is 15.5. The van der Waals surface area contributed by atoms with Gasteiger partial charge in [-0.1, -0.05) is 42.0 Å². The molecule has 0 saturated carbocycles. The molecule has 0 spiro atoms. The first-order valence-electron chi connectivity index (χ1n) is 6.47. The van der Waals surface area contributed by atoms with Crippen molar-refractivity contribution in [2.45, 2.75) is 25.7 Å². The summed E-state index contributed by atoms with van der Waals surface area (Å²) in [6.45, 7) is 2.36. The van der Waals surface area contributed by atoms with Gasteiger partial charge in [-0.25, -0.2) is 0 Å². The monoisotopic (exact) mass is 295 g/mol. The minimum atomic E-state index is -4.44. The van der Waals surface area contributed by atoms with Crippen LogP contribution in [0.15, 0.2) is 48.5 Å². The zero-order valence-corrected chi connectivity index (χ0v) is 11.5. The largest absolute Gasteiger partial charge is 0.489 e. The highest BCUT2D eigenvalue weighted by Crippen LogP contribution is 2.31. The van der Waals surface area contributed by atoms with Gasteiger partial charge in [0.05, 0.1) is 0 Å². The van der Waals surface area contributed by atoms with E-state index in [1.807, 2.05) is 31.2 Å². The number of benzene rings is 2. The molecule has 0 fully saturated rings. The molecule has 112 valence electrons. The van der Waals surface area contributed by atoms with Crippen molar-refractivity contribution in [1.82, 2.24) is 0 Å². The number of nitrogens with two attached hydrogens (primary N) is 1. The number of alkyl halides is 3. The molecule has 0 saturated heterocycles. The van der Waals surface area contributed by atoms with Crippen molar-refractivity contribution in [2.24, 2.45) is 5.73 Å². The van der Waals surface area contributed by atoms with Crippen molar-refractivity contribution < 1.29 is 17.9 Å². The van der Waals surface area contributed by atoms with E-state index in [-0.39, 0.29) is 5.56 Å². The molecule has 2 aromatic rings. The van der Waals surface area contributed by atoms with Gasteiger partial charge in [0.1, 0.15) is 18.4 Å². The molecule has 0 bridgehead atoms. The SMILES string of the molecule is Cc1ccc(COc2ccc([C@H](N)C(F)(F)F)cc2)cc1. The molecule has 0 unspecified atom stereocenters. The molecule has 0 aliphatic heterocycles. The van der Waals surface area contributed by atoms with Gasteiger partial charge in [-0.2, -0.15) is 13.2 Å². The molecule has 2 aromatic carbocycles. The zero-order valence-electron chi connectivity index (χ0n) is 11.5. The minimum absolute atomic E-state index is 0.0187. The Balaban J connectivity index is 1.98. The molecule has 0 radical (unpaired) electrons. The van der Waals surface area contributed by atoms with Crippen LogP contribution in [-0.4, -0.2) is 6.18 Å². The average molecular weight is 295 g/mol. The Morgan fingerprint density at radius 1 is 1.00 bits per heavy atom. The summed E-state index contributed by atoms with van der Waals surface area (Å²) in [5.41, 5.74) is 7.31. The van der Waals surface area contributed by atoms with Crippen LogP contribution in [0, 0.1) is 6.92 Å². The average Bonchev–Trinajstić information content (AvgIpc) is 2.45. The van der Waals surface area contributed by atoms with Gasteiger partial charge < -0.3 is 10.5 Å². The molecule has 2 N–H and O–H groups in total. The first kappa shape index (κ1) is 15.4. The van der Waals surface area contributed by atoms with Crippen molar-refractivity contribution >= 4 is 0 Å². The Bertz CT molecular complexity index is 576. The second-order valence-electron chi connectivity index (χ2n) is 4.86. The third-order valence-corrected chi connectivity index (χ3v) is 3.12. The van der Waals surface area contributed by atoms with Crippen molar-refractivity contribution in [3.05, 3.63) is 65.2 Å². The van der Waals surface area contributed by atoms with Crippen LogP contribution in [0.2, 0.25) is 0 Å². The van der Waals surface area contributed by atoms with E-state index in [0.29, 0.717) is 12.4 Å². The van der Waals surface area contributed by atoms with Gasteiger partial charge in [0.2, 0.25) is 0 Å². The van der Waals surface area contributed by atoms with Crippen molar-refractivity contribution in [2.75, 3.05) is 0 Å². The first-order valence-corrected chi connectivity index (χ1v) is 6.47. The summed E-state index contributed by atoms with van der Waals surface area (Å²) in [6.07, 6.45) is -4.44. The lowest BCUT2D eigenvalue weighted by molar-refractivity contribution is -0.149. The molecular weight excluding hydrogens is 279 g/mol. The summed E-state index contributed by atoms with van der Waals surface area (Å²) >= 11 is 0. The lowest BCUT2D eigenvalue weighted by Gasteiger charge is -2.16. The van der Waals surface area contributed by atoms with E-state index in [1.165, 1.54) is 24.3 Å². The maximum atomic E-state index is 12.5. The highest BCUT2D eigenvalue weighted by Gasteiger charge is 2.37. The number of hydrogen-bond donors (Lipinski definition) is 1. The molecule has 21 heavy (non-hydrogen) atoms. The van der Waals surface area contributed by atoms with Crippen LogP contribution in [-0.2, 0) is 6.61 Å². The smallest absolute Gasteiger partial charge is 0.407 e. The Hall–Kier alpha value is -2.01.